The topological polar surface area (TPSA) is 109 Å². The number of amidine groups is 2. The van der Waals surface area contributed by atoms with Crippen molar-refractivity contribution in [3.63, 3.8) is 0 Å². The number of hydrogen-bond acceptors (Lipinski definition) is 4. The van der Waals surface area contributed by atoms with Gasteiger partial charge in [-0.05, 0) is 61.5 Å². The van der Waals surface area contributed by atoms with Crippen LogP contribution in [0.1, 0.15) is 24.1 Å². The number of rotatable bonds is 5. The van der Waals surface area contributed by atoms with Crippen LogP contribution in [0.15, 0.2) is 47.6 Å². The van der Waals surface area contributed by atoms with E-state index in [0.717, 1.165) is 48.7 Å². The highest BCUT2D eigenvalue weighted by molar-refractivity contribution is 7.80. The van der Waals surface area contributed by atoms with Gasteiger partial charge in [0.2, 0.25) is 0 Å². The average molecular weight is 427 g/mol. The molecule has 2 aliphatic rings. The molecule has 30 heavy (non-hydrogen) atoms. The molecule has 0 aliphatic carbocycles. The quantitative estimate of drug-likeness (QED) is 0.284. The molecule has 158 valence electrons. The molecular formula is C21H26N6O2S. The number of nitrogens with one attached hydrogen (secondary N) is 4. The number of morpholine rings is 1. The number of aliphatic hydroxyl groups excluding tert-OH is 1. The number of benzene rings is 1. The lowest BCUT2D eigenvalue weighted by Crippen LogP contribution is -2.46. The fourth-order valence-corrected chi connectivity index (χ4v) is 4.00. The van der Waals surface area contributed by atoms with E-state index in [-0.39, 0.29) is 24.7 Å². The third kappa shape index (κ3) is 4.86. The van der Waals surface area contributed by atoms with Gasteiger partial charge in [-0.25, -0.2) is 4.99 Å². The van der Waals surface area contributed by atoms with E-state index in [1.165, 1.54) is 0 Å². The molecule has 2 fully saturated rings. The van der Waals surface area contributed by atoms with Gasteiger partial charge >= 0.3 is 0 Å². The molecule has 1 aromatic heterocycles. The van der Waals surface area contributed by atoms with E-state index < -0.39 is 0 Å². The van der Waals surface area contributed by atoms with Crippen LogP contribution in [0.5, 0.6) is 0 Å². The zero-order valence-electron chi connectivity index (χ0n) is 16.6. The summed E-state index contributed by atoms with van der Waals surface area (Å²) in [6.45, 7) is 2.00. The van der Waals surface area contributed by atoms with E-state index in [9.17, 15) is 0 Å². The lowest BCUT2D eigenvalue weighted by atomic mass is 10.2. The number of hydrogen-bond donors (Lipinski definition) is 5. The van der Waals surface area contributed by atoms with Crippen LogP contribution in [0.4, 0.5) is 5.69 Å². The zero-order valence-corrected chi connectivity index (χ0v) is 17.4. The maximum Gasteiger partial charge on any atom is 0.170 e. The van der Waals surface area contributed by atoms with Crippen molar-refractivity contribution in [3.8, 4) is 0 Å². The van der Waals surface area contributed by atoms with Crippen LogP contribution in [0.3, 0.4) is 0 Å². The molecule has 2 bridgehead atoms. The molecular weight excluding hydrogens is 400 g/mol. The summed E-state index contributed by atoms with van der Waals surface area (Å²) in [4.78, 5) is 10.2. The SMILES string of the molecule is N=C(/N=C(\c1ccc[nH]1)N1C[C@@H]2CC[C@@H](C1)O2)c1ccc(NC(=S)NCCO)cc1. The number of likely N-dealkylation sites (tertiary alicyclic amines) is 1. The number of H-pyrrole nitrogens is 1. The second-order valence-corrected chi connectivity index (χ2v) is 7.82. The molecule has 1 aromatic carbocycles. The number of aliphatic hydroxyl groups is 1. The van der Waals surface area contributed by atoms with Crippen LogP contribution >= 0.6 is 12.2 Å². The van der Waals surface area contributed by atoms with E-state index in [1.807, 2.05) is 42.6 Å². The number of aromatic amines is 1. The second kappa shape index (κ2) is 9.38. The van der Waals surface area contributed by atoms with Crippen molar-refractivity contribution in [2.75, 3.05) is 31.6 Å². The molecule has 4 rings (SSSR count). The first-order valence-electron chi connectivity index (χ1n) is 10.1. The summed E-state index contributed by atoms with van der Waals surface area (Å²) in [6.07, 6.45) is 4.52. The number of thiocarbonyl (C=S) groups is 1. The Balaban J connectivity index is 1.49. The highest BCUT2D eigenvalue weighted by Gasteiger charge is 2.35. The van der Waals surface area contributed by atoms with Gasteiger partial charge in [-0.15, -0.1) is 0 Å². The summed E-state index contributed by atoms with van der Waals surface area (Å²) >= 11 is 5.17. The Bertz CT molecular complexity index is 900. The summed E-state index contributed by atoms with van der Waals surface area (Å²) < 4.78 is 5.96. The van der Waals surface area contributed by atoms with Crippen LogP contribution in [-0.2, 0) is 4.74 Å². The Morgan fingerprint density at radius 1 is 1.23 bits per heavy atom. The van der Waals surface area contributed by atoms with E-state index in [4.69, 9.17) is 32.5 Å². The summed E-state index contributed by atoms with van der Waals surface area (Å²) in [5.41, 5.74) is 2.43. The van der Waals surface area contributed by atoms with Crippen molar-refractivity contribution in [1.82, 2.24) is 15.2 Å². The van der Waals surface area contributed by atoms with Crippen molar-refractivity contribution in [2.24, 2.45) is 4.99 Å². The van der Waals surface area contributed by atoms with Crippen molar-refractivity contribution >= 4 is 34.7 Å². The standard InChI is InChI=1S/C21H26N6O2S/c22-19(14-3-5-15(6-4-14)25-21(30)24-10-11-28)26-20(18-2-1-9-23-18)27-12-16-7-8-17(13-27)29-16/h1-6,9,16-17,22-23,28H,7-8,10-13H2,(H2,24,25,30)/b22-19?,26-20+/t16-,17-/m0/s1. The molecule has 9 heteroatoms. The number of ether oxygens (including phenoxy) is 1. The molecule has 3 heterocycles. The third-order valence-electron chi connectivity index (χ3n) is 5.21. The Kier molecular flexibility index (Phi) is 6.41. The minimum absolute atomic E-state index is 0.0176. The fourth-order valence-electron chi connectivity index (χ4n) is 3.79. The van der Waals surface area contributed by atoms with Crippen LogP contribution < -0.4 is 10.6 Å². The smallest absolute Gasteiger partial charge is 0.170 e. The molecule has 5 N–H and O–H groups in total. The molecule has 0 unspecified atom stereocenters. The monoisotopic (exact) mass is 426 g/mol. The molecule has 0 amide bonds. The third-order valence-corrected chi connectivity index (χ3v) is 5.46. The minimum Gasteiger partial charge on any atom is -0.395 e. The molecule has 2 aliphatic heterocycles. The van der Waals surface area contributed by atoms with Crippen molar-refractivity contribution in [3.05, 3.63) is 53.9 Å². The van der Waals surface area contributed by atoms with E-state index >= 15 is 0 Å². The summed E-state index contributed by atoms with van der Waals surface area (Å²) in [5.74, 6) is 0.979. The van der Waals surface area contributed by atoms with Gasteiger partial charge in [0.05, 0.1) is 24.5 Å². The van der Waals surface area contributed by atoms with Gasteiger partial charge in [0, 0.05) is 37.1 Å². The predicted octanol–water partition coefficient (Wildman–Crippen LogP) is 1.93. The van der Waals surface area contributed by atoms with Crippen molar-refractivity contribution < 1.29 is 9.84 Å². The molecule has 2 atom stereocenters. The maximum atomic E-state index is 8.85. The minimum atomic E-state index is 0.0176. The Labute approximate surface area is 180 Å². The van der Waals surface area contributed by atoms with Crippen LogP contribution in [0.25, 0.3) is 0 Å². The van der Waals surface area contributed by atoms with Crippen LogP contribution in [-0.4, -0.2) is 70.2 Å². The van der Waals surface area contributed by atoms with Crippen molar-refractivity contribution in [2.45, 2.75) is 25.0 Å². The first kappa shape index (κ1) is 20.5. The van der Waals surface area contributed by atoms with Gasteiger partial charge in [0.1, 0.15) is 0 Å². The highest BCUT2D eigenvalue weighted by Crippen LogP contribution is 2.27. The normalized spacial score (nSPS) is 20.8. The van der Waals surface area contributed by atoms with Gasteiger partial charge in [-0.2, -0.15) is 0 Å². The van der Waals surface area contributed by atoms with E-state index in [1.54, 1.807) is 0 Å². The number of anilines is 1. The molecule has 8 nitrogen and oxygen atoms in total. The fraction of sp³-hybridized carbons (Fsp3) is 0.381. The summed E-state index contributed by atoms with van der Waals surface area (Å²) in [5, 5.41) is 23.8. The molecule has 0 saturated carbocycles. The predicted molar refractivity (Wildman–Crippen MR) is 121 cm³/mol. The Morgan fingerprint density at radius 2 is 1.97 bits per heavy atom. The second-order valence-electron chi connectivity index (χ2n) is 7.41. The molecule has 2 saturated heterocycles. The lowest BCUT2D eigenvalue weighted by molar-refractivity contribution is -0.0155. The number of nitrogens with zero attached hydrogens (tertiary/aromatic N) is 2. The number of aliphatic imine (C=N–C) groups is 1. The number of aromatic nitrogens is 1. The Morgan fingerprint density at radius 3 is 2.60 bits per heavy atom. The summed E-state index contributed by atoms with van der Waals surface area (Å²) in [7, 11) is 0. The van der Waals surface area contributed by atoms with Gasteiger partial charge < -0.3 is 30.4 Å². The van der Waals surface area contributed by atoms with Gasteiger partial charge in [0.25, 0.3) is 0 Å². The maximum absolute atomic E-state index is 8.85. The molecule has 2 aromatic rings. The zero-order chi connectivity index (χ0) is 20.9. The first-order valence-corrected chi connectivity index (χ1v) is 10.5. The lowest BCUT2D eigenvalue weighted by Gasteiger charge is -2.34. The first-order chi connectivity index (χ1) is 14.6. The van der Waals surface area contributed by atoms with Gasteiger partial charge in [-0.1, -0.05) is 0 Å². The number of fused-ring (bicyclic) bond motifs is 2. The van der Waals surface area contributed by atoms with Gasteiger partial charge in [-0.3, -0.25) is 5.41 Å². The van der Waals surface area contributed by atoms with E-state index in [0.29, 0.717) is 11.7 Å². The van der Waals surface area contributed by atoms with Crippen LogP contribution in [0.2, 0.25) is 0 Å². The van der Waals surface area contributed by atoms with Gasteiger partial charge in [0.15, 0.2) is 16.8 Å². The van der Waals surface area contributed by atoms with E-state index in [2.05, 4.69) is 20.5 Å². The van der Waals surface area contributed by atoms with Crippen LogP contribution in [0, 0.1) is 5.41 Å². The molecule has 0 radical (unpaired) electrons. The highest BCUT2D eigenvalue weighted by atomic mass is 32.1. The Hall–Kier alpha value is -2.75. The van der Waals surface area contributed by atoms with Crippen molar-refractivity contribution in [1.29, 1.82) is 5.41 Å². The molecule has 0 spiro atoms. The largest absolute Gasteiger partial charge is 0.395 e. The summed E-state index contributed by atoms with van der Waals surface area (Å²) in [6, 6.07) is 11.3. The average Bonchev–Trinajstić information content (AvgIpc) is 3.40.